The summed E-state index contributed by atoms with van der Waals surface area (Å²) in [5, 5.41) is 35.9. The van der Waals surface area contributed by atoms with Crippen LogP contribution in [0.2, 0.25) is 0 Å². The molecule has 0 bridgehead atoms. The molecule has 2 atom stereocenters. The van der Waals surface area contributed by atoms with Crippen LogP contribution in [0.1, 0.15) is 17.2 Å². The summed E-state index contributed by atoms with van der Waals surface area (Å²) in [6, 6.07) is 7.80. The molecular weight excluding hydrogens is 208 g/mol. The molecule has 0 fully saturated rings. The van der Waals surface area contributed by atoms with Crippen molar-refractivity contribution < 1.29 is 14.9 Å². The molecule has 5 heteroatoms. The zero-order valence-electron chi connectivity index (χ0n) is 8.58. The smallest absolute Gasteiger partial charge is 0.170 e. The van der Waals surface area contributed by atoms with Gasteiger partial charge in [0.2, 0.25) is 0 Å². The summed E-state index contributed by atoms with van der Waals surface area (Å²) in [6.45, 7) is 0. The van der Waals surface area contributed by atoms with E-state index in [9.17, 15) is 5.11 Å². The summed E-state index contributed by atoms with van der Waals surface area (Å²) in [4.78, 5) is 0. The highest BCUT2D eigenvalue weighted by molar-refractivity contribution is 5.46. The summed E-state index contributed by atoms with van der Waals surface area (Å²) in [5.41, 5.74) is 0.648. The SMILES string of the molecule is COc1cc(C(O)C(O)C#N)ccc1C#N. The summed E-state index contributed by atoms with van der Waals surface area (Å²) < 4.78 is 4.94. The Balaban J connectivity index is 3.10. The molecule has 1 aromatic carbocycles. The molecular formula is C11H10N2O3. The highest BCUT2D eigenvalue weighted by Crippen LogP contribution is 2.24. The van der Waals surface area contributed by atoms with E-state index in [0.717, 1.165) is 0 Å². The van der Waals surface area contributed by atoms with Crippen molar-refractivity contribution in [3.8, 4) is 17.9 Å². The second kappa shape index (κ2) is 5.13. The van der Waals surface area contributed by atoms with Crippen molar-refractivity contribution in [2.45, 2.75) is 12.2 Å². The van der Waals surface area contributed by atoms with Gasteiger partial charge in [0.25, 0.3) is 0 Å². The van der Waals surface area contributed by atoms with E-state index in [1.807, 2.05) is 6.07 Å². The number of aliphatic hydroxyl groups excluding tert-OH is 2. The molecule has 82 valence electrons. The molecule has 0 aliphatic carbocycles. The standard InChI is InChI=1S/C11H10N2O3/c1-16-10-4-7(2-3-8(10)5-12)11(15)9(14)6-13/h2-4,9,11,14-15H,1H3. The normalized spacial score (nSPS) is 13.3. The molecule has 2 N–H and O–H groups in total. The third-order valence-electron chi connectivity index (χ3n) is 2.12. The fourth-order valence-corrected chi connectivity index (χ4v) is 1.24. The van der Waals surface area contributed by atoms with Gasteiger partial charge < -0.3 is 14.9 Å². The van der Waals surface area contributed by atoms with E-state index in [0.29, 0.717) is 16.9 Å². The molecule has 5 nitrogen and oxygen atoms in total. The largest absolute Gasteiger partial charge is 0.495 e. The van der Waals surface area contributed by atoms with Crippen LogP contribution in [0.5, 0.6) is 5.75 Å². The van der Waals surface area contributed by atoms with Gasteiger partial charge in [0.1, 0.15) is 17.9 Å². The van der Waals surface area contributed by atoms with Crippen LogP contribution >= 0.6 is 0 Å². The molecule has 0 spiro atoms. The minimum atomic E-state index is -1.50. The van der Waals surface area contributed by atoms with Gasteiger partial charge in [0, 0.05) is 0 Å². The maximum Gasteiger partial charge on any atom is 0.170 e. The van der Waals surface area contributed by atoms with Gasteiger partial charge in [-0.25, -0.2) is 0 Å². The summed E-state index contributed by atoms with van der Waals surface area (Å²) in [6.07, 6.45) is -2.82. The predicted octanol–water partition coefficient (Wildman–Crippen LogP) is 0.485. The lowest BCUT2D eigenvalue weighted by Crippen LogP contribution is -2.15. The number of ether oxygens (including phenoxy) is 1. The molecule has 0 saturated heterocycles. The average molecular weight is 218 g/mol. The Labute approximate surface area is 92.7 Å². The molecule has 0 amide bonds. The number of hydrogen-bond donors (Lipinski definition) is 2. The summed E-state index contributed by atoms with van der Waals surface area (Å²) in [5.74, 6) is 0.296. The lowest BCUT2D eigenvalue weighted by Gasteiger charge is -2.13. The average Bonchev–Trinajstić information content (AvgIpc) is 2.35. The van der Waals surface area contributed by atoms with Gasteiger partial charge in [-0.05, 0) is 17.7 Å². The highest BCUT2D eigenvalue weighted by Gasteiger charge is 2.18. The molecule has 0 radical (unpaired) electrons. The van der Waals surface area contributed by atoms with E-state index in [1.54, 1.807) is 0 Å². The lowest BCUT2D eigenvalue weighted by molar-refractivity contribution is 0.0526. The summed E-state index contributed by atoms with van der Waals surface area (Å²) in [7, 11) is 1.40. The topological polar surface area (TPSA) is 97.3 Å². The third-order valence-corrected chi connectivity index (χ3v) is 2.12. The maximum absolute atomic E-state index is 9.56. The van der Waals surface area contributed by atoms with Gasteiger partial charge in [-0.3, -0.25) is 0 Å². The van der Waals surface area contributed by atoms with Crippen LogP contribution in [-0.4, -0.2) is 23.4 Å². The van der Waals surface area contributed by atoms with Gasteiger partial charge in [0.05, 0.1) is 18.7 Å². The van der Waals surface area contributed by atoms with Gasteiger partial charge >= 0.3 is 0 Å². The molecule has 1 rings (SSSR count). The Kier molecular flexibility index (Phi) is 3.84. The fraction of sp³-hybridized carbons (Fsp3) is 0.273. The number of aliphatic hydroxyl groups is 2. The minimum Gasteiger partial charge on any atom is -0.495 e. The third kappa shape index (κ3) is 2.29. The van der Waals surface area contributed by atoms with Crippen LogP contribution in [-0.2, 0) is 0 Å². The monoisotopic (exact) mass is 218 g/mol. The first-order chi connectivity index (χ1) is 7.63. The second-order valence-corrected chi connectivity index (χ2v) is 3.09. The molecule has 16 heavy (non-hydrogen) atoms. The van der Waals surface area contributed by atoms with E-state index in [1.165, 1.54) is 31.4 Å². The number of nitrogens with zero attached hydrogens (tertiary/aromatic N) is 2. The van der Waals surface area contributed by atoms with Crippen LogP contribution in [0, 0.1) is 22.7 Å². The van der Waals surface area contributed by atoms with Crippen LogP contribution in [0.3, 0.4) is 0 Å². The molecule has 0 aliphatic rings. The van der Waals surface area contributed by atoms with Gasteiger partial charge in [-0.2, -0.15) is 10.5 Å². The van der Waals surface area contributed by atoms with Crippen molar-refractivity contribution in [1.82, 2.24) is 0 Å². The molecule has 0 aliphatic heterocycles. The number of nitriles is 2. The first-order valence-electron chi connectivity index (χ1n) is 4.47. The van der Waals surface area contributed by atoms with Gasteiger partial charge in [-0.1, -0.05) is 6.07 Å². The van der Waals surface area contributed by atoms with Gasteiger partial charge in [-0.15, -0.1) is 0 Å². The molecule has 2 unspecified atom stereocenters. The van der Waals surface area contributed by atoms with Crippen molar-refractivity contribution >= 4 is 0 Å². The molecule has 0 aromatic heterocycles. The van der Waals surface area contributed by atoms with Crippen LogP contribution in [0.25, 0.3) is 0 Å². The van der Waals surface area contributed by atoms with Crippen LogP contribution in [0.15, 0.2) is 18.2 Å². The van der Waals surface area contributed by atoms with Crippen LogP contribution in [0.4, 0.5) is 0 Å². The Morgan fingerprint density at radius 2 is 2.00 bits per heavy atom. The number of rotatable bonds is 3. The highest BCUT2D eigenvalue weighted by atomic mass is 16.5. The Bertz CT molecular complexity index is 459. The molecule has 0 heterocycles. The van der Waals surface area contributed by atoms with Crippen molar-refractivity contribution in [1.29, 1.82) is 10.5 Å². The van der Waals surface area contributed by atoms with Gasteiger partial charge in [0.15, 0.2) is 6.10 Å². The molecule has 1 aromatic rings. The van der Waals surface area contributed by atoms with Crippen molar-refractivity contribution in [3.63, 3.8) is 0 Å². The van der Waals surface area contributed by atoms with Crippen molar-refractivity contribution in [3.05, 3.63) is 29.3 Å². The first kappa shape index (κ1) is 12.0. The Hall–Kier alpha value is -2.08. The first-order valence-corrected chi connectivity index (χ1v) is 4.47. The van der Waals surface area contributed by atoms with E-state index >= 15 is 0 Å². The zero-order valence-corrected chi connectivity index (χ0v) is 8.58. The fourth-order valence-electron chi connectivity index (χ4n) is 1.24. The minimum absolute atomic E-state index is 0.296. The quantitative estimate of drug-likeness (QED) is 0.719. The summed E-state index contributed by atoms with van der Waals surface area (Å²) >= 11 is 0. The Morgan fingerprint density at radius 1 is 1.31 bits per heavy atom. The Morgan fingerprint density at radius 3 is 2.50 bits per heavy atom. The van der Waals surface area contributed by atoms with E-state index in [2.05, 4.69) is 0 Å². The number of hydrogen-bond acceptors (Lipinski definition) is 5. The zero-order chi connectivity index (χ0) is 12.1. The van der Waals surface area contributed by atoms with Crippen LogP contribution < -0.4 is 4.74 Å². The number of methoxy groups -OCH3 is 1. The van der Waals surface area contributed by atoms with E-state index in [4.69, 9.17) is 20.4 Å². The van der Waals surface area contributed by atoms with E-state index in [-0.39, 0.29) is 0 Å². The number of benzene rings is 1. The molecule has 0 saturated carbocycles. The second-order valence-electron chi connectivity index (χ2n) is 3.09. The van der Waals surface area contributed by atoms with Crippen molar-refractivity contribution in [2.24, 2.45) is 0 Å². The van der Waals surface area contributed by atoms with E-state index < -0.39 is 12.2 Å². The maximum atomic E-state index is 9.56. The lowest BCUT2D eigenvalue weighted by atomic mass is 10.0. The predicted molar refractivity (Wildman–Crippen MR) is 54.3 cm³/mol. The van der Waals surface area contributed by atoms with Crippen molar-refractivity contribution in [2.75, 3.05) is 7.11 Å².